The molecule has 23 heavy (non-hydrogen) atoms. The number of ether oxygens (including phenoxy) is 1. The average Bonchev–Trinajstić information content (AvgIpc) is 2.33. The Balaban J connectivity index is 2.53. The summed E-state index contributed by atoms with van der Waals surface area (Å²) in [7, 11) is 0. The Bertz CT molecular complexity index is 540. The molecule has 1 aromatic rings. The molecule has 1 atom stereocenters. The summed E-state index contributed by atoms with van der Waals surface area (Å²) in [4.78, 5) is 23.0. The molecule has 0 fully saturated rings. The number of rotatable bonds is 6. The van der Waals surface area contributed by atoms with E-state index >= 15 is 0 Å². The van der Waals surface area contributed by atoms with Gasteiger partial charge in [-0.2, -0.15) is 0 Å². The Morgan fingerprint density at radius 1 is 1.17 bits per heavy atom. The number of hydrogen-bond donors (Lipinski definition) is 2. The lowest BCUT2D eigenvalue weighted by Crippen LogP contribution is -2.43. The zero-order chi connectivity index (χ0) is 17.6. The van der Waals surface area contributed by atoms with Gasteiger partial charge >= 0.3 is 12.1 Å². The van der Waals surface area contributed by atoms with Gasteiger partial charge in [0.2, 0.25) is 0 Å². The maximum Gasteiger partial charge on any atom is 0.408 e. The topological polar surface area (TPSA) is 75.6 Å². The van der Waals surface area contributed by atoms with Gasteiger partial charge in [-0.3, -0.25) is 0 Å². The fourth-order valence-corrected chi connectivity index (χ4v) is 2.43. The minimum absolute atomic E-state index is 0.363. The number of benzene rings is 1. The van der Waals surface area contributed by atoms with Gasteiger partial charge in [-0.15, -0.1) is 0 Å². The summed E-state index contributed by atoms with van der Waals surface area (Å²) >= 11 is 0. The van der Waals surface area contributed by atoms with E-state index in [1.807, 2.05) is 13.8 Å². The highest BCUT2D eigenvalue weighted by atomic mass is 16.6. The number of carbonyl (C=O) groups excluding carboxylic acids is 1. The summed E-state index contributed by atoms with van der Waals surface area (Å²) in [6, 6.07) is 5.37. The van der Waals surface area contributed by atoms with Crippen molar-refractivity contribution < 1.29 is 19.4 Å². The van der Waals surface area contributed by atoms with Crippen LogP contribution >= 0.6 is 0 Å². The highest BCUT2D eigenvalue weighted by Gasteiger charge is 2.23. The molecule has 0 heterocycles. The first-order chi connectivity index (χ1) is 10.6. The summed E-state index contributed by atoms with van der Waals surface area (Å²) in [5.74, 6) is -1.05. The lowest BCUT2D eigenvalue weighted by Gasteiger charge is -2.22. The number of carboxylic acid groups (broad SMARTS) is 1. The summed E-state index contributed by atoms with van der Waals surface area (Å²) in [6.45, 7) is 9.30. The van der Waals surface area contributed by atoms with Crippen LogP contribution < -0.4 is 5.32 Å². The normalized spacial score (nSPS) is 12.6. The minimum atomic E-state index is -1.05. The van der Waals surface area contributed by atoms with Crippen molar-refractivity contribution in [3.05, 3.63) is 34.9 Å². The van der Waals surface area contributed by atoms with Crippen molar-refractivity contribution in [2.24, 2.45) is 0 Å². The van der Waals surface area contributed by atoms with Gasteiger partial charge in [0.25, 0.3) is 0 Å². The summed E-state index contributed by atoms with van der Waals surface area (Å²) in [6.07, 6.45) is 1.12. The molecule has 5 nitrogen and oxygen atoms in total. The number of aryl methyl sites for hydroxylation is 3. The third-order valence-electron chi connectivity index (χ3n) is 3.23. The van der Waals surface area contributed by atoms with Crippen molar-refractivity contribution in [2.45, 2.75) is 65.5 Å². The van der Waals surface area contributed by atoms with Crippen molar-refractivity contribution in [3.8, 4) is 0 Å². The number of amides is 1. The monoisotopic (exact) mass is 321 g/mol. The fraction of sp³-hybridized carbons (Fsp3) is 0.556. The average molecular weight is 321 g/mol. The van der Waals surface area contributed by atoms with Crippen LogP contribution in [0.2, 0.25) is 0 Å². The molecule has 0 aliphatic carbocycles. The van der Waals surface area contributed by atoms with Crippen LogP contribution in [0.15, 0.2) is 18.2 Å². The number of alkyl carbamates (subject to hydrolysis) is 1. The van der Waals surface area contributed by atoms with Crippen LogP contribution in [-0.4, -0.2) is 28.8 Å². The molecule has 0 saturated heterocycles. The number of nitrogens with one attached hydrogen (secondary N) is 1. The van der Waals surface area contributed by atoms with Crippen LogP contribution in [-0.2, 0) is 16.0 Å². The summed E-state index contributed by atoms with van der Waals surface area (Å²) in [5, 5.41) is 11.7. The van der Waals surface area contributed by atoms with Gasteiger partial charge < -0.3 is 15.2 Å². The maximum absolute atomic E-state index is 11.7. The first kappa shape index (κ1) is 19.0. The van der Waals surface area contributed by atoms with Gasteiger partial charge in [0, 0.05) is 0 Å². The molecule has 1 aromatic carbocycles. The van der Waals surface area contributed by atoms with Crippen LogP contribution in [0, 0.1) is 13.8 Å². The fourth-order valence-electron chi connectivity index (χ4n) is 2.43. The van der Waals surface area contributed by atoms with Gasteiger partial charge in [0.05, 0.1) is 0 Å². The summed E-state index contributed by atoms with van der Waals surface area (Å²) in [5.41, 5.74) is 2.93. The lowest BCUT2D eigenvalue weighted by atomic mass is 10.0. The van der Waals surface area contributed by atoms with Crippen LogP contribution in [0.25, 0.3) is 0 Å². The number of aliphatic carboxylic acids is 1. The molecule has 0 aliphatic heterocycles. The molecule has 0 bridgehead atoms. The molecule has 0 aliphatic rings. The second-order valence-corrected chi connectivity index (χ2v) is 6.93. The molecule has 0 unspecified atom stereocenters. The van der Waals surface area contributed by atoms with E-state index in [4.69, 9.17) is 4.74 Å². The third kappa shape index (κ3) is 7.68. The minimum Gasteiger partial charge on any atom is -0.480 e. The molecule has 1 amide bonds. The standard InChI is InChI=1S/C18H27NO4/c1-12-9-13(2)11-14(10-12)7-6-8-15(16(20)21)19-17(22)23-18(3,4)5/h9-11,15H,6-8H2,1-5H3,(H,19,22)(H,20,21)/t15-/m0/s1. The molecule has 1 rings (SSSR count). The van der Waals surface area contributed by atoms with Crippen molar-refractivity contribution in [2.75, 3.05) is 0 Å². The molecule has 5 heteroatoms. The zero-order valence-electron chi connectivity index (χ0n) is 14.6. The van der Waals surface area contributed by atoms with Crippen LogP contribution in [0.5, 0.6) is 0 Å². The second kappa shape index (κ2) is 7.99. The first-order valence-corrected chi connectivity index (χ1v) is 7.86. The molecule has 0 aromatic heterocycles. The predicted molar refractivity (Wildman–Crippen MR) is 89.6 cm³/mol. The van der Waals surface area contributed by atoms with E-state index in [1.165, 1.54) is 16.7 Å². The van der Waals surface area contributed by atoms with E-state index in [9.17, 15) is 14.7 Å². The zero-order valence-corrected chi connectivity index (χ0v) is 14.6. The van der Waals surface area contributed by atoms with Crippen molar-refractivity contribution in [1.82, 2.24) is 5.32 Å². The van der Waals surface area contributed by atoms with E-state index in [-0.39, 0.29) is 0 Å². The number of carboxylic acids is 1. The van der Waals surface area contributed by atoms with E-state index in [0.717, 1.165) is 6.42 Å². The Kier molecular flexibility index (Phi) is 6.61. The molecule has 0 saturated carbocycles. The SMILES string of the molecule is Cc1cc(C)cc(CCC[C@H](NC(=O)OC(C)(C)C)C(=O)O)c1. The Labute approximate surface area is 138 Å². The van der Waals surface area contributed by atoms with Crippen molar-refractivity contribution in [3.63, 3.8) is 0 Å². The van der Waals surface area contributed by atoms with E-state index < -0.39 is 23.7 Å². The molecule has 0 radical (unpaired) electrons. The third-order valence-corrected chi connectivity index (χ3v) is 3.23. The van der Waals surface area contributed by atoms with Crippen LogP contribution in [0.1, 0.15) is 50.3 Å². The Morgan fingerprint density at radius 3 is 2.22 bits per heavy atom. The highest BCUT2D eigenvalue weighted by molar-refractivity contribution is 5.79. The number of hydrogen-bond acceptors (Lipinski definition) is 3. The Morgan fingerprint density at radius 2 is 1.74 bits per heavy atom. The molecule has 2 N–H and O–H groups in total. The lowest BCUT2D eigenvalue weighted by molar-refractivity contribution is -0.139. The van der Waals surface area contributed by atoms with Gasteiger partial charge in [-0.05, 0) is 59.4 Å². The first-order valence-electron chi connectivity index (χ1n) is 7.86. The molecular weight excluding hydrogens is 294 g/mol. The highest BCUT2D eigenvalue weighted by Crippen LogP contribution is 2.13. The van der Waals surface area contributed by atoms with Gasteiger partial charge in [-0.1, -0.05) is 29.3 Å². The van der Waals surface area contributed by atoms with Gasteiger partial charge in [0.15, 0.2) is 0 Å². The van der Waals surface area contributed by atoms with E-state index in [0.29, 0.717) is 12.8 Å². The molecule has 128 valence electrons. The van der Waals surface area contributed by atoms with Gasteiger partial charge in [0.1, 0.15) is 11.6 Å². The molecule has 0 spiro atoms. The smallest absolute Gasteiger partial charge is 0.408 e. The van der Waals surface area contributed by atoms with Crippen molar-refractivity contribution in [1.29, 1.82) is 0 Å². The van der Waals surface area contributed by atoms with E-state index in [1.54, 1.807) is 20.8 Å². The largest absolute Gasteiger partial charge is 0.480 e. The molecular formula is C18H27NO4. The Hall–Kier alpha value is -2.04. The second-order valence-electron chi connectivity index (χ2n) is 6.93. The van der Waals surface area contributed by atoms with Gasteiger partial charge in [-0.25, -0.2) is 9.59 Å². The van der Waals surface area contributed by atoms with Crippen LogP contribution in [0.3, 0.4) is 0 Å². The van der Waals surface area contributed by atoms with E-state index in [2.05, 4.69) is 23.5 Å². The summed E-state index contributed by atoms with van der Waals surface area (Å²) < 4.78 is 5.10. The van der Waals surface area contributed by atoms with Crippen molar-refractivity contribution >= 4 is 12.1 Å². The number of carbonyl (C=O) groups is 2. The predicted octanol–water partition coefficient (Wildman–Crippen LogP) is 3.60. The maximum atomic E-state index is 11.7. The quantitative estimate of drug-likeness (QED) is 0.839. The van der Waals surface area contributed by atoms with Crippen LogP contribution in [0.4, 0.5) is 4.79 Å².